The number of Topliss-reactive ketones (excluding diaryl/α,β-unsaturated/α-hetero) is 1. The molecule has 2 heterocycles. The van der Waals surface area contributed by atoms with Crippen molar-refractivity contribution in [1.29, 1.82) is 0 Å². The van der Waals surface area contributed by atoms with Crippen molar-refractivity contribution in [2.24, 2.45) is 0 Å². The zero-order chi connectivity index (χ0) is 20.5. The molecular formula is C21H24N4O3. The molecule has 0 atom stereocenters. The van der Waals surface area contributed by atoms with E-state index < -0.39 is 5.60 Å². The van der Waals surface area contributed by atoms with Gasteiger partial charge in [-0.05, 0) is 52.3 Å². The molecule has 0 bridgehead atoms. The van der Waals surface area contributed by atoms with E-state index in [9.17, 15) is 9.59 Å². The zero-order valence-corrected chi connectivity index (χ0v) is 16.8. The molecule has 0 aliphatic rings. The highest BCUT2D eigenvalue weighted by Crippen LogP contribution is 2.27. The van der Waals surface area contributed by atoms with Crippen LogP contribution in [0.15, 0.2) is 30.6 Å². The molecule has 0 aliphatic heterocycles. The van der Waals surface area contributed by atoms with Crippen LogP contribution in [0.25, 0.3) is 22.0 Å². The maximum atomic E-state index is 12.3. The lowest BCUT2D eigenvalue weighted by atomic mass is 10.0. The number of aromatic nitrogens is 4. The summed E-state index contributed by atoms with van der Waals surface area (Å²) in [5.74, 6) is 0.336. The summed E-state index contributed by atoms with van der Waals surface area (Å²) in [5, 5.41) is 5.34. The summed E-state index contributed by atoms with van der Waals surface area (Å²) >= 11 is 0. The van der Waals surface area contributed by atoms with E-state index in [-0.39, 0.29) is 24.7 Å². The van der Waals surface area contributed by atoms with Crippen molar-refractivity contribution in [1.82, 2.24) is 19.7 Å². The minimum Gasteiger partial charge on any atom is -0.459 e. The minimum atomic E-state index is -0.569. The Morgan fingerprint density at radius 2 is 1.79 bits per heavy atom. The number of fused-ring (bicyclic) bond motifs is 1. The third-order valence-corrected chi connectivity index (χ3v) is 4.06. The third kappa shape index (κ3) is 4.60. The van der Waals surface area contributed by atoms with Crippen LogP contribution in [0.1, 0.15) is 39.2 Å². The Hall–Kier alpha value is -3.09. The lowest BCUT2D eigenvalue weighted by molar-refractivity contribution is -0.155. The first-order valence-electron chi connectivity index (χ1n) is 9.12. The van der Waals surface area contributed by atoms with Crippen molar-refractivity contribution in [2.45, 2.75) is 53.2 Å². The lowest BCUT2D eigenvalue weighted by Crippen LogP contribution is -2.26. The fraction of sp³-hybridized carbons (Fsp3) is 0.381. The number of rotatable bonds is 5. The van der Waals surface area contributed by atoms with E-state index in [0.717, 1.165) is 22.0 Å². The molecule has 0 saturated carbocycles. The van der Waals surface area contributed by atoms with Crippen LogP contribution in [0, 0.1) is 6.92 Å². The summed E-state index contributed by atoms with van der Waals surface area (Å²) in [7, 11) is 0. The van der Waals surface area contributed by atoms with Crippen LogP contribution < -0.4 is 0 Å². The lowest BCUT2D eigenvalue weighted by Gasteiger charge is -2.19. The smallest absolute Gasteiger partial charge is 0.328 e. The summed E-state index contributed by atoms with van der Waals surface area (Å²) in [5.41, 5.74) is 2.65. The Bertz CT molecular complexity index is 1030. The van der Waals surface area contributed by atoms with E-state index in [2.05, 4.69) is 15.1 Å². The number of carbonyl (C=O) groups excluding carboxylic acids is 2. The van der Waals surface area contributed by atoms with Crippen molar-refractivity contribution < 1.29 is 14.3 Å². The summed E-state index contributed by atoms with van der Waals surface area (Å²) < 4.78 is 7.00. The number of nitrogens with zero attached hydrogens (tertiary/aromatic N) is 4. The first-order valence-corrected chi connectivity index (χ1v) is 9.12. The number of ketones is 1. The van der Waals surface area contributed by atoms with Gasteiger partial charge >= 0.3 is 5.97 Å². The summed E-state index contributed by atoms with van der Waals surface area (Å²) in [6.07, 6.45) is 3.73. The second-order valence-corrected chi connectivity index (χ2v) is 7.82. The molecule has 0 fully saturated rings. The number of esters is 1. The molecule has 146 valence electrons. The average molecular weight is 380 g/mol. The van der Waals surface area contributed by atoms with Crippen LogP contribution in [0.3, 0.4) is 0 Å². The molecule has 0 spiro atoms. The van der Waals surface area contributed by atoms with Gasteiger partial charge in [-0.2, -0.15) is 5.10 Å². The van der Waals surface area contributed by atoms with Crippen LogP contribution in [-0.4, -0.2) is 37.1 Å². The molecule has 2 aromatic heterocycles. The molecule has 0 saturated heterocycles. The molecule has 3 aromatic rings. The van der Waals surface area contributed by atoms with Gasteiger partial charge in [0.05, 0.1) is 17.6 Å². The topological polar surface area (TPSA) is 87.0 Å². The van der Waals surface area contributed by atoms with Gasteiger partial charge in [-0.15, -0.1) is 0 Å². The molecule has 0 aliphatic carbocycles. The predicted octanol–water partition coefficient (Wildman–Crippen LogP) is 3.27. The standard InChI is InChI=1S/C21H24N4O3/c1-13(26)8-18-17-9-15(16-10-22-14(2)23-11-16)6-7-19(17)25(24-18)12-20(27)28-21(3,4)5/h6-7,9-11H,8,12H2,1-5H3. The van der Waals surface area contributed by atoms with Gasteiger partial charge in [0.15, 0.2) is 0 Å². The molecular weight excluding hydrogens is 356 g/mol. The molecule has 0 unspecified atom stereocenters. The van der Waals surface area contributed by atoms with E-state index in [1.807, 2.05) is 45.9 Å². The first-order chi connectivity index (χ1) is 13.1. The Balaban J connectivity index is 2.02. The number of benzene rings is 1. The van der Waals surface area contributed by atoms with Gasteiger partial charge < -0.3 is 4.74 Å². The van der Waals surface area contributed by atoms with Gasteiger partial charge in [0, 0.05) is 23.3 Å². The van der Waals surface area contributed by atoms with Crippen molar-refractivity contribution in [3.05, 3.63) is 42.1 Å². The second-order valence-electron chi connectivity index (χ2n) is 7.82. The Labute approximate surface area is 163 Å². The highest BCUT2D eigenvalue weighted by Gasteiger charge is 2.20. The zero-order valence-electron chi connectivity index (χ0n) is 16.8. The highest BCUT2D eigenvalue weighted by atomic mass is 16.6. The number of ether oxygens (including phenoxy) is 1. The number of hydrogen-bond acceptors (Lipinski definition) is 6. The summed E-state index contributed by atoms with van der Waals surface area (Å²) in [4.78, 5) is 32.4. The predicted molar refractivity (Wildman–Crippen MR) is 106 cm³/mol. The molecule has 0 amide bonds. The monoisotopic (exact) mass is 380 g/mol. The molecule has 0 N–H and O–H groups in total. The molecule has 7 heteroatoms. The van der Waals surface area contributed by atoms with Gasteiger partial charge in [0.1, 0.15) is 23.8 Å². The van der Waals surface area contributed by atoms with E-state index in [4.69, 9.17) is 4.74 Å². The number of hydrogen-bond donors (Lipinski definition) is 0. The van der Waals surface area contributed by atoms with E-state index in [1.54, 1.807) is 17.1 Å². The summed E-state index contributed by atoms with van der Waals surface area (Å²) in [6, 6.07) is 5.78. The normalized spacial score (nSPS) is 11.6. The van der Waals surface area contributed by atoms with Crippen LogP contribution in [0.4, 0.5) is 0 Å². The number of carbonyl (C=O) groups is 2. The Morgan fingerprint density at radius 1 is 1.11 bits per heavy atom. The Morgan fingerprint density at radius 3 is 2.39 bits per heavy atom. The molecule has 0 radical (unpaired) electrons. The first kappa shape index (κ1) is 19.7. The highest BCUT2D eigenvalue weighted by molar-refractivity contribution is 5.91. The van der Waals surface area contributed by atoms with Crippen LogP contribution >= 0.6 is 0 Å². The van der Waals surface area contributed by atoms with Gasteiger partial charge in [0.25, 0.3) is 0 Å². The van der Waals surface area contributed by atoms with Crippen LogP contribution in [0.2, 0.25) is 0 Å². The van der Waals surface area contributed by atoms with Crippen LogP contribution in [0.5, 0.6) is 0 Å². The maximum Gasteiger partial charge on any atom is 0.328 e. The minimum absolute atomic E-state index is 0.00731. The quantitative estimate of drug-likeness (QED) is 0.631. The van der Waals surface area contributed by atoms with Crippen LogP contribution in [-0.2, 0) is 27.3 Å². The molecule has 7 nitrogen and oxygen atoms in total. The van der Waals surface area contributed by atoms with Crippen molar-refractivity contribution in [2.75, 3.05) is 0 Å². The summed E-state index contributed by atoms with van der Waals surface area (Å²) in [6.45, 7) is 8.81. The van der Waals surface area contributed by atoms with Crippen molar-refractivity contribution in [3.63, 3.8) is 0 Å². The third-order valence-electron chi connectivity index (χ3n) is 4.06. The average Bonchev–Trinajstić information content (AvgIpc) is 2.90. The number of aryl methyl sites for hydroxylation is 1. The Kier molecular flexibility index (Phi) is 5.27. The van der Waals surface area contributed by atoms with Crippen molar-refractivity contribution >= 4 is 22.7 Å². The molecule has 1 aromatic carbocycles. The van der Waals surface area contributed by atoms with Crippen molar-refractivity contribution in [3.8, 4) is 11.1 Å². The fourth-order valence-corrected chi connectivity index (χ4v) is 2.95. The fourth-order valence-electron chi connectivity index (χ4n) is 2.95. The van der Waals surface area contributed by atoms with Gasteiger partial charge in [0.2, 0.25) is 0 Å². The molecule has 3 rings (SSSR count). The van der Waals surface area contributed by atoms with E-state index in [1.165, 1.54) is 6.92 Å². The van der Waals surface area contributed by atoms with Gasteiger partial charge in [-0.1, -0.05) is 6.07 Å². The second kappa shape index (κ2) is 7.50. The SMILES string of the molecule is CC(=O)Cc1nn(CC(=O)OC(C)(C)C)c2ccc(-c3cnc(C)nc3)cc12. The van der Waals surface area contributed by atoms with E-state index in [0.29, 0.717) is 11.5 Å². The molecule has 28 heavy (non-hydrogen) atoms. The van der Waals surface area contributed by atoms with Gasteiger partial charge in [-0.3, -0.25) is 14.3 Å². The van der Waals surface area contributed by atoms with Gasteiger partial charge in [-0.25, -0.2) is 9.97 Å². The largest absolute Gasteiger partial charge is 0.459 e. The maximum absolute atomic E-state index is 12.3. The van der Waals surface area contributed by atoms with E-state index >= 15 is 0 Å².